The van der Waals surface area contributed by atoms with Crippen molar-refractivity contribution in [3.05, 3.63) is 0 Å². The van der Waals surface area contributed by atoms with Crippen LogP contribution in [0.3, 0.4) is 0 Å². The molecular formula is C17H30N4. The van der Waals surface area contributed by atoms with E-state index >= 15 is 0 Å². The molecule has 0 spiro atoms. The SMILES string of the molecule is CC1CN(C2CCCC(C#N)(NC3CC3)C2)CC1N(C)C. The van der Waals surface area contributed by atoms with Gasteiger partial charge in [0.1, 0.15) is 5.54 Å². The summed E-state index contributed by atoms with van der Waals surface area (Å²) in [7, 11) is 4.39. The first-order chi connectivity index (χ1) is 10.0. The van der Waals surface area contributed by atoms with Crippen LogP contribution >= 0.6 is 0 Å². The zero-order valence-electron chi connectivity index (χ0n) is 13.8. The summed E-state index contributed by atoms with van der Waals surface area (Å²) in [6.07, 6.45) is 7.04. The van der Waals surface area contributed by atoms with E-state index in [1.807, 2.05) is 0 Å². The third-order valence-electron chi connectivity index (χ3n) is 5.78. The van der Waals surface area contributed by atoms with Gasteiger partial charge >= 0.3 is 0 Å². The van der Waals surface area contributed by atoms with E-state index in [2.05, 4.69) is 42.2 Å². The van der Waals surface area contributed by atoms with Gasteiger partial charge in [-0.25, -0.2) is 0 Å². The lowest BCUT2D eigenvalue weighted by Gasteiger charge is -2.40. The minimum absolute atomic E-state index is 0.247. The highest BCUT2D eigenvalue weighted by Gasteiger charge is 2.44. The molecule has 0 aromatic heterocycles. The van der Waals surface area contributed by atoms with E-state index < -0.39 is 0 Å². The fraction of sp³-hybridized carbons (Fsp3) is 0.941. The Morgan fingerprint density at radius 3 is 2.57 bits per heavy atom. The number of nitrogens with zero attached hydrogens (tertiary/aromatic N) is 3. The van der Waals surface area contributed by atoms with E-state index in [1.165, 1.54) is 38.8 Å². The largest absolute Gasteiger partial charge is 0.305 e. The van der Waals surface area contributed by atoms with Gasteiger partial charge in [-0.05, 0) is 58.5 Å². The highest BCUT2D eigenvalue weighted by molar-refractivity contribution is 5.14. The summed E-state index contributed by atoms with van der Waals surface area (Å²) >= 11 is 0. The molecule has 1 saturated heterocycles. The monoisotopic (exact) mass is 290 g/mol. The summed E-state index contributed by atoms with van der Waals surface area (Å²) in [6.45, 7) is 4.73. The fourth-order valence-electron chi connectivity index (χ4n) is 4.40. The molecule has 0 amide bonds. The zero-order valence-corrected chi connectivity index (χ0v) is 13.8. The standard InChI is InChI=1S/C17H30N4/c1-13-10-21(11-16(13)20(2)3)15-5-4-8-17(9-15,12-18)19-14-6-7-14/h13-16,19H,4-11H2,1-3H3. The van der Waals surface area contributed by atoms with Crippen molar-refractivity contribution in [1.29, 1.82) is 5.26 Å². The Morgan fingerprint density at radius 2 is 2.00 bits per heavy atom. The summed E-state index contributed by atoms with van der Waals surface area (Å²) in [6, 6.07) is 4.52. The summed E-state index contributed by atoms with van der Waals surface area (Å²) in [4.78, 5) is 5.03. The van der Waals surface area contributed by atoms with Crippen LogP contribution in [0.15, 0.2) is 0 Å². The minimum Gasteiger partial charge on any atom is -0.305 e. The number of likely N-dealkylation sites (N-methyl/N-ethyl adjacent to an activating group) is 1. The van der Waals surface area contributed by atoms with E-state index in [0.29, 0.717) is 18.1 Å². The van der Waals surface area contributed by atoms with Gasteiger partial charge in [0.05, 0.1) is 6.07 Å². The van der Waals surface area contributed by atoms with Gasteiger partial charge in [0, 0.05) is 31.2 Å². The molecule has 0 radical (unpaired) electrons. The van der Waals surface area contributed by atoms with Crippen LogP contribution in [0.25, 0.3) is 0 Å². The Bertz CT molecular complexity index is 412. The summed E-state index contributed by atoms with van der Waals surface area (Å²) in [5.74, 6) is 0.731. The average Bonchev–Trinajstić information content (AvgIpc) is 3.17. The normalized spacial score (nSPS) is 41.4. The predicted octanol–water partition coefficient (Wildman–Crippen LogP) is 1.83. The third kappa shape index (κ3) is 3.26. The van der Waals surface area contributed by atoms with Crippen molar-refractivity contribution in [2.24, 2.45) is 5.92 Å². The molecule has 3 rings (SSSR count). The van der Waals surface area contributed by atoms with Gasteiger partial charge in [-0.15, -0.1) is 0 Å². The molecule has 2 aliphatic carbocycles. The lowest BCUT2D eigenvalue weighted by atomic mass is 9.79. The van der Waals surface area contributed by atoms with Gasteiger partial charge in [0.15, 0.2) is 0 Å². The topological polar surface area (TPSA) is 42.3 Å². The molecule has 1 N–H and O–H groups in total. The number of hydrogen-bond acceptors (Lipinski definition) is 4. The molecule has 0 bridgehead atoms. The molecule has 0 aromatic rings. The minimum atomic E-state index is -0.247. The molecule has 2 saturated carbocycles. The number of rotatable bonds is 4. The van der Waals surface area contributed by atoms with E-state index in [9.17, 15) is 5.26 Å². The van der Waals surface area contributed by atoms with Crippen LogP contribution in [0, 0.1) is 17.2 Å². The van der Waals surface area contributed by atoms with Crippen LogP contribution in [0.4, 0.5) is 0 Å². The molecule has 1 aliphatic heterocycles. The lowest BCUT2D eigenvalue weighted by molar-refractivity contribution is 0.134. The van der Waals surface area contributed by atoms with Crippen molar-refractivity contribution in [1.82, 2.24) is 15.1 Å². The van der Waals surface area contributed by atoms with Crippen LogP contribution in [-0.2, 0) is 0 Å². The van der Waals surface area contributed by atoms with Crippen molar-refractivity contribution in [3.63, 3.8) is 0 Å². The first kappa shape index (κ1) is 15.3. The molecule has 3 aliphatic rings. The summed E-state index contributed by atoms with van der Waals surface area (Å²) in [5, 5.41) is 13.4. The molecule has 4 heteroatoms. The van der Waals surface area contributed by atoms with Crippen molar-refractivity contribution >= 4 is 0 Å². The number of hydrogen-bond donors (Lipinski definition) is 1. The summed E-state index contributed by atoms with van der Waals surface area (Å²) in [5.41, 5.74) is -0.247. The van der Waals surface area contributed by atoms with Gasteiger partial charge in [-0.1, -0.05) is 6.92 Å². The van der Waals surface area contributed by atoms with Gasteiger partial charge in [-0.2, -0.15) is 5.26 Å². The maximum absolute atomic E-state index is 9.73. The Hall–Kier alpha value is -0.630. The Kier molecular flexibility index (Phi) is 4.27. The van der Waals surface area contributed by atoms with Crippen LogP contribution in [-0.4, -0.2) is 60.6 Å². The molecule has 21 heavy (non-hydrogen) atoms. The maximum Gasteiger partial charge on any atom is 0.108 e. The molecule has 4 nitrogen and oxygen atoms in total. The average molecular weight is 290 g/mol. The third-order valence-corrected chi connectivity index (χ3v) is 5.78. The van der Waals surface area contributed by atoms with E-state index in [1.54, 1.807) is 0 Å². The number of likely N-dealkylation sites (tertiary alicyclic amines) is 1. The van der Waals surface area contributed by atoms with Crippen molar-refractivity contribution < 1.29 is 0 Å². The Labute approximate surface area is 129 Å². The summed E-state index contributed by atoms with van der Waals surface area (Å²) < 4.78 is 0. The highest BCUT2D eigenvalue weighted by atomic mass is 15.3. The smallest absolute Gasteiger partial charge is 0.108 e. The van der Waals surface area contributed by atoms with E-state index in [0.717, 1.165) is 18.8 Å². The van der Waals surface area contributed by atoms with Gasteiger partial charge < -0.3 is 4.90 Å². The number of nitrogens with one attached hydrogen (secondary N) is 1. The van der Waals surface area contributed by atoms with Crippen LogP contribution in [0.1, 0.15) is 45.4 Å². The van der Waals surface area contributed by atoms with Gasteiger partial charge in [0.25, 0.3) is 0 Å². The zero-order chi connectivity index (χ0) is 15.0. The molecular weight excluding hydrogens is 260 g/mol. The van der Waals surface area contributed by atoms with Crippen LogP contribution in [0.5, 0.6) is 0 Å². The lowest BCUT2D eigenvalue weighted by Crippen LogP contribution is -2.53. The van der Waals surface area contributed by atoms with Gasteiger partial charge in [0.2, 0.25) is 0 Å². The van der Waals surface area contributed by atoms with Crippen molar-refractivity contribution in [2.45, 2.75) is 69.1 Å². The molecule has 3 fully saturated rings. The quantitative estimate of drug-likeness (QED) is 0.858. The van der Waals surface area contributed by atoms with Gasteiger partial charge in [-0.3, -0.25) is 10.2 Å². The van der Waals surface area contributed by atoms with E-state index in [4.69, 9.17) is 0 Å². The second-order valence-corrected chi connectivity index (χ2v) is 7.82. The molecule has 4 atom stereocenters. The Morgan fingerprint density at radius 1 is 1.24 bits per heavy atom. The first-order valence-corrected chi connectivity index (χ1v) is 8.62. The molecule has 118 valence electrons. The fourth-order valence-corrected chi connectivity index (χ4v) is 4.40. The van der Waals surface area contributed by atoms with Crippen LogP contribution in [0.2, 0.25) is 0 Å². The predicted molar refractivity (Wildman–Crippen MR) is 85.0 cm³/mol. The molecule has 0 aromatic carbocycles. The van der Waals surface area contributed by atoms with E-state index in [-0.39, 0.29) is 5.54 Å². The van der Waals surface area contributed by atoms with Crippen LogP contribution < -0.4 is 5.32 Å². The second-order valence-electron chi connectivity index (χ2n) is 7.82. The second kappa shape index (κ2) is 5.87. The molecule has 4 unspecified atom stereocenters. The number of nitriles is 1. The Balaban J connectivity index is 1.64. The van der Waals surface area contributed by atoms with Crippen molar-refractivity contribution in [2.75, 3.05) is 27.2 Å². The highest BCUT2D eigenvalue weighted by Crippen LogP contribution is 2.36. The first-order valence-electron chi connectivity index (χ1n) is 8.62. The van der Waals surface area contributed by atoms with Crippen molar-refractivity contribution in [3.8, 4) is 6.07 Å². The maximum atomic E-state index is 9.73. The molecule has 1 heterocycles.